The van der Waals surface area contributed by atoms with E-state index in [1.807, 2.05) is 24.3 Å². The van der Waals surface area contributed by atoms with Crippen LogP contribution in [0.25, 0.3) is 17.5 Å². The molecular formula is C32H39N3O4. The summed E-state index contributed by atoms with van der Waals surface area (Å²) in [5, 5.41) is 13.2. The minimum atomic E-state index is -0.931. The summed E-state index contributed by atoms with van der Waals surface area (Å²) in [6.45, 7) is 0.590. The van der Waals surface area contributed by atoms with Crippen LogP contribution in [0.4, 0.5) is 0 Å². The number of allylic oxidation sites excluding steroid dienone is 1. The molecule has 7 heteroatoms. The molecule has 0 bridgehead atoms. The Morgan fingerprint density at radius 1 is 1.08 bits per heavy atom. The maximum atomic E-state index is 13.3. The van der Waals surface area contributed by atoms with Crippen LogP contribution < -0.4 is 5.32 Å². The lowest BCUT2D eigenvalue weighted by molar-refractivity contribution is -0.139. The molecule has 1 fully saturated rings. The van der Waals surface area contributed by atoms with Crippen molar-refractivity contribution in [3.05, 3.63) is 78.0 Å². The van der Waals surface area contributed by atoms with E-state index < -0.39 is 11.9 Å². The van der Waals surface area contributed by atoms with Gasteiger partial charge in [-0.25, -0.2) is 4.98 Å². The van der Waals surface area contributed by atoms with Gasteiger partial charge in [0.15, 0.2) is 0 Å². The van der Waals surface area contributed by atoms with E-state index in [4.69, 9.17) is 4.42 Å². The molecule has 1 amide bonds. The van der Waals surface area contributed by atoms with Crippen molar-refractivity contribution in [2.75, 3.05) is 6.54 Å². The SMILES string of the molecule is O=C(NCCCCC1CCCCC1)c1cccc(C(CCCC=Cc2cccnc2)C(=O)O)c1-c1ncco1. The van der Waals surface area contributed by atoms with Gasteiger partial charge in [0, 0.05) is 18.9 Å². The first-order valence-corrected chi connectivity index (χ1v) is 14.2. The Morgan fingerprint density at radius 3 is 2.69 bits per heavy atom. The summed E-state index contributed by atoms with van der Waals surface area (Å²) in [5.41, 5.74) is 2.41. The fourth-order valence-corrected chi connectivity index (χ4v) is 5.51. The van der Waals surface area contributed by atoms with Crippen molar-refractivity contribution in [3.63, 3.8) is 0 Å². The molecule has 0 saturated heterocycles. The van der Waals surface area contributed by atoms with Crippen LogP contribution in [0.5, 0.6) is 0 Å². The summed E-state index contributed by atoms with van der Waals surface area (Å²) in [6, 6.07) is 9.09. The number of benzene rings is 1. The Morgan fingerprint density at radius 2 is 1.95 bits per heavy atom. The lowest BCUT2D eigenvalue weighted by Crippen LogP contribution is -2.26. The van der Waals surface area contributed by atoms with Crippen LogP contribution in [0.15, 0.2) is 65.7 Å². The second-order valence-corrected chi connectivity index (χ2v) is 10.4. The quantitative estimate of drug-likeness (QED) is 0.213. The number of pyridine rings is 1. The molecular weight excluding hydrogens is 490 g/mol. The average Bonchev–Trinajstić information content (AvgIpc) is 3.50. The summed E-state index contributed by atoms with van der Waals surface area (Å²) < 4.78 is 5.58. The molecule has 0 aliphatic heterocycles. The Balaban J connectivity index is 1.41. The van der Waals surface area contributed by atoms with E-state index in [9.17, 15) is 14.7 Å². The van der Waals surface area contributed by atoms with Crippen molar-refractivity contribution < 1.29 is 19.1 Å². The third-order valence-electron chi connectivity index (χ3n) is 7.57. The maximum Gasteiger partial charge on any atom is 0.310 e. The van der Waals surface area contributed by atoms with Gasteiger partial charge in [-0.15, -0.1) is 0 Å². The lowest BCUT2D eigenvalue weighted by Gasteiger charge is -2.21. The number of hydrogen-bond acceptors (Lipinski definition) is 5. The van der Waals surface area contributed by atoms with Crippen LogP contribution in [0.2, 0.25) is 0 Å². The summed E-state index contributed by atoms with van der Waals surface area (Å²) >= 11 is 0. The number of aliphatic carboxylic acids is 1. The van der Waals surface area contributed by atoms with E-state index in [0.29, 0.717) is 36.1 Å². The van der Waals surface area contributed by atoms with Gasteiger partial charge in [0.05, 0.1) is 23.2 Å². The van der Waals surface area contributed by atoms with Crippen LogP contribution in [0, 0.1) is 5.92 Å². The van der Waals surface area contributed by atoms with Gasteiger partial charge in [0.2, 0.25) is 5.89 Å². The van der Waals surface area contributed by atoms with E-state index in [1.54, 1.807) is 30.6 Å². The van der Waals surface area contributed by atoms with Crippen molar-refractivity contribution in [2.45, 2.75) is 76.5 Å². The minimum absolute atomic E-state index is 0.230. The number of oxazole rings is 1. The fraction of sp³-hybridized carbons (Fsp3) is 0.438. The molecule has 3 aromatic rings. The highest BCUT2D eigenvalue weighted by atomic mass is 16.4. The van der Waals surface area contributed by atoms with Crippen molar-refractivity contribution in [1.29, 1.82) is 0 Å². The molecule has 2 N–H and O–H groups in total. The lowest BCUT2D eigenvalue weighted by atomic mass is 9.86. The van der Waals surface area contributed by atoms with Gasteiger partial charge in [-0.05, 0) is 54.9 Å². The largest absolute Gasteiger partial charge is 0.481 e. The number of carbonyl (C=O) groups is 2. The Kier molecular flexibility index (Phi) is 10.9. The summed E-state index contributed by atoms with van der Waals surface area (Å²) in [6.07, 6.45) is 22.3. The first-order valence-electron chi connectivity index (χ1n) is 14.2. The standard InChI is InChI=1S/C32H39N3O4/c36-30(34-20-8-7-13-24-11-3-1-4-12-24)28-18-9-17-26(29(28)31-35-21-22-39-31)27(32(37)38)16-6-2-5-14-25-15-10-19-33-23-25/h5,9-10,14-15,17-19,21-24,27H,1-4,6-8,11-13,16,20H2,(H,34,36)(H,37,38). The zero-order valence-electron chi connectivity index (χ0n) is 22.6. The number of amides is 1. The molecule has 1 unspecified atom stereocenters. The highest BCUT2D eigenvalue weighted by Gasteiger charge is 2.28. The van der Waals surface area contributed by atoms with Gasteiger partial charge in [0.1, 0.15) is 6.26 Å². The van der Waals surface area contributed by atoms with E-state index in [2.05, 4.69) is 15.3 Å². The molecule has 2 aromatic heterocycles. The first kappa shape index (κ1) is 28.3. The van der Waals surface area contributed by atoms with Crippen molar-refractivity contribution in [3.8, 4) is 11.5 Å². The smallest absolute Gasteiger partial charge is 0.310 e. The van der Waals surface area contributed by atoms with Gasteiger partial charge >= 0.3 is 5.97 Å². The molecule has 1 aromatic carbocycles. The number of carbonyl (C=O) groups excluding carboxylic acids is 1. The van der Waals surface area contributed by atoms with E-state index >= 15 is 0 Å². The molecule has 1 aliphatic rings. The van der Waals surface area contributed by atoms with Crippen LogP contribution >= 0.6 is 0 Å². The van der Waals surface area contributed by atoms with Crippen molar-refractivity contribution in [2.24, 2.45) is 5.92 Å². The van der Waals surface area contributed by atoms with E-state index in [0.717, 1.165) is 30.7 Å². The molecule has 1 saturated carbocycles. The van der Waals surface area contributed by atoms with Gasteiger partial charge in [-0.1, -0.05) is 75.3 Å². The third kappa shape index (κ3) is 8.37. The number of carboxylic acids is 1. The second kappa shape index (κ2) is 15.0. The van der Waals surface area contributed by atoms with Crippen LogP contribution in [-0.4, -0.2) is 33.5 Å². The molecule has 0 radical (unpaired) electrons. The summed E-state index contributed by atoms with van der Waals surface area (Å²) in [5.74, 6) is -0.857. The summed E-state index contributed by atoms with van der Waals surface area (Å²) in [4.78, 5) is 34.0. The highest BCUT2D eigenvalue weighted by Crippen LogP contribution is 2.35. The van der Waals surface area contributed by atoms with E-state index in [1.165, 1.54) is 51.0 Å². The summed E-state index contributed by atoms with van der Waals surface area (Å²) in [7, 11) is 0. The van der Waals surface area contributed by atoms with Gasteiger partial charge in [-0.2, -0.15) is 0 Å². The van der Waals surface area contributed by atoms with Gasteiger partial charge in [0.25, 0.3) is 5.91 Å². The predicted octanol–water partition coefficient (Wildman–Crippen LogP) is 7.27. The fourth-order valence-electron chi connectivity index (χ4n) is 5.51. The first-order chi connectivity index (χ1) is 19.1. The third-order valence-corrected chi connectivity index (χ3v) is 7.57. The molecule has 206 valence electrons. The zero-order valence-corrected chi connectivity index (χ0v) is 22.6. The number of hydrogen-bond donors (Lipinski definition) is 2. The molecule has 7 nitrogen and oxygen atoms in total. The molecule has 39 heavy (non-hydrogen) atoms. The molecule has 4 rings (SSSR count). The van der Waals surface area contributed by atoms with Crippen LogP contribution in [0.3, 0.4) is 0 Å². The molecule has 1 atom stereocenters. The Hall–Kier alpha value is -3.74. The molecule has 2 heterocycles. The van der Waals surface area contributed by atoms with Crippen molar-refractivity contribution in [1.82, 2.24) is 15.3 Å². The zero-order chi connectivity index (χ0) is 27.3. The highest BCUT2D eigenvalue weighted by molar-refractivity contribution is 6.01. The van der Waals surface area contributed by atoms with Gasteiger partial charge < -0.3 is 14.8 Å². The predicted molar refractivity (Wildman–Crippen MR) is 152 cm³/mol. The van der Waals surface area contributed by atoms with Crippen molar-refractivity contribution >= 4 is 18.0 Å². The topological polar surface area (TPSA) is 105 Å². The Bertz CT molecular complexity index is 1200. The maximum absolute atomic E-state index is 13.3. The van der Waals surface area contributed by atoms with Gasteiger partial charge in [-0.3, -0.25) is 14.6 Å². The molecule has 0 spiro atoms. The number of rotatable bonds is 14. The second-order valence-electron chi connectivity index (χ2n) is 10.4. The average molecular weight is 530 g/mol. The number of aromatic nitrogens is 2. The minimum Gasteiger partial charge on any atom is -0.481 e. The number of nitrogens with one attached hydrogen (secondary N) is 1. The van der Waals surface area contributed by atoms with Crippen LogP contribution in [0.1, 0.15) is 98.0 Å². The monoisotopic (exact) mass is 529 g/mol. The molecule has 1 aliphatic carbocycles. The number of carboxylic acid groups (broad SMARTS) is 1. The van der Waals surface area contributed by atoms with E-state index in [-0.39, 0.29) is 11.8 Å². The number of nitrogens with zero attached hydrogens (tertiary/aromatic N) is 2. The normalized spacial score (nSPS) is 14.9. The number of unbranched alkanes of at least 4 members (excludes halogenated alkanes) is 2. The Labute approximate surface area is 230 Å². The van der Waals surface area contributed by atoms with Crippen LogP contribution in [-0.2, 0) is 4.79 Å².